The fourth-order valence-corrected chi connectivity index (χ4v) is 4.48. The number of rotatable bonds is 7. The molecule has 2 heterocycles. The number of para-hydroxylation sites is 1. The Kier molecular flexibility index (Phi) is 6.65. The van der Waals surface area contributed by atoms with Gasteiger partial charge in [-0.2, -0.15) is 5.10 Å². The number of H-pyrrole nitrogens is 1. The number of hydrazone groups is 1. The van der Waals surface area contributed by atoms with E-state index in [4.69, 9.17) is 11.6 Å². The summed E-state index contributed by atoms with van der Waals surface area (Å²) in [6.45, 7) is 2.03. The van der Waals surface area contributed by atoms with Crippen molar-refractivity contribution < 1.29 is 4.79 Å². The highest BCUT2D eigenvalue weighted by Crippen LogP contribution is 2.29. The minimum atomic E-state index is -0.238. The van der Waals surface area contributed by atoms with E-state index in [1.54, 1.807) is 6.21 Å². The van der Waals surface area contributed by atoms with Gasteiger partial charge in [0.05, 0.1) is 12.0 Å². The molecule has 0 aliphatic rings. The van der Waals surface area contributed by atoms with E-state index in [2.05, 4.69) is 25.7 Å². The highest BCUT2D eigenvalue weighted by atomic mass is 35.5. The highest BCUT2D eigenvalue weighted by Gasteiger charge is 2.17. The number of thioether (sulfide) groups is 1. The first-order chi connectivity index (χ1) is 17.1. The summed E-state index contributed by atoms with van der Waals surface area (Å²) in [6.07, 6.45) is 3.49. The minimum absolute atomic E-state index is 0.135. The lowest BCUT2D eigenvalue weighted by molar-refractivity contribution is -0.118. The maximum atomic E-state index is 12.5. The largest absolute Gasteiger partial charge is 0.361 e. The van der Waals surface area contributed by atoms with Crippen LogP contribution >= 0.6 is 23.4 Å². The Hall–Kier alpha value is -3.88. The van der Waals surface area contributed by atoms with Crippen molar-refractivity contribution in [3.8, 4) is 17.1 Å². The maximum absolute atomic E-state index is 12.5. The van der Waals surface area contributed by atoms with Gasteiger partial charge in [-0.05, 0) is 49.4 Å². The molecule has 0 aliphatic heterocycles. The van der Waals surface area contributed by atoms with Crippen molar-refractivity contribution in [1.29, 1.82) is 0 Å². The van der Waals surface area contributed by atoms with Gasteiger partial charge in [-0.3, -0.25) is 9.36 Å². The molecule has 2 aromatic heterocycles. The molecule has 0 bridgehead atoms. The number of carbonyl (C=O) groups excluding carboxylic acids is 1. The number of hydrogen-bond donors (Lipinski definition) is 2. The van der Waals surface area contributed by atoms with Gasteiger partial charge in [0.15, 0.2) is 11.0 Å². The second-order valence-electron chi connectivity index (χ2n) is 7.86. The summed E-state index contributed by atoms with van der Waals surface area (Å²) in [6, 6.07) is 23.4. The standard InChI is InChI=1S/C26H21ClN6OS/c1-17-6-12-21(13-7-17)33-25(18-8-10-20(27)11-9-18)31-32-26(33)35-16-24(34)30-29-15-19-14-28-23-5-3-2-4-22(19)23/h2-15,28H,16H2,1H3,(H,30,34)/b29-15-. The van der Waals surface area contributed by atoms with Crippen molar-refractivity contribution in [3.05, 3.63) is 95.1 Å². The Labute approximate surface area is 211 Å². The zero-order valence-electron chi connectivity index (χ0n) is 18.8. The lowest BCUT2D eigenvalue weighted by Gasteiger charge is -2.10. The van der Waals surface area contributed by atoms with Gasteiger partial charge >= 0.3 is 0 Å². The average molecular weight is 501 g/mol. The number of fused-ring (bicyclic) bond motifs is 1. The summed E-state index contributed by atoms with van der Waals surface area (Å²) in [5, 5.41) is 15.2. The summed E-state index contributed by atoms with van der Waals surface area (Å²) in [4.78, 5) is 15.7. The number of aromatic nitrogens is 4. The Morgan fingerprint density at radius 2 is 1.86 bits per heavy atom. The van der Waals surface area contributed by atoms with Gasteiger partial charge in [0.25, 0.3) is 5.91 Å². The van der Waals surface area contributed by atoms with E-state index in [0.717, 1.165) is 33.3 Å². The number of aromatic amines is 1. The van der Waals surface area contributed by atoms with Crippen LogP contribution in [-0.4, -0.2) is 37.6 Å². The molecule has 0 fully saturated rings. The van der Waals surface area contributed by atoms with Gasteiger partial charge in [0.1, 0.15) is 0 Å². The number of nitrogens with zero attached hydrogens (tertiary/aromatic N) is 4. The zero-order valence-corrected chi connectivity index (χ0v) is 20.3. The smallest absolute Gasteiger partial charge is 0.250 e. The summed E-state index contributed by atoms with van der Waals surface area (Å²) in [5.41, 5.74) is 7.45. The highest BCUT2D eigenvalue weighted by molar-refractivity contribution is 7.99. The number of amides is 1. The Balaban J connectivity index is 1.32. The number of aryl methyl sites for hydroxylation is 1. The second kappa shape index (κ2) is 10.2. The number of nitrogens with one attached hydrogen (secondary N) is 2. The number of carbonyl (C=O) groups is 1. The first kappa shape index (κ1) is 22.9. The third-order valence-corrected chi connectivity index (χ3v) is 6.56. The lowest BCUT2D eigenvalue weighted by Crippen LogP contribution is -2.20. The Morgan fingerprint density at radius 1 is 1.09 bits per heavy atom. The second-order valence-corrected chi connectivity index (χ2v) is 9.23. The SMILES string of the molecule is Cc1ccc(-n2c(SCC(=O)N/N=C\c3c[nH]c4ccccc34)nnc2-c2ccc(Cl)cc2)cc1. The van der Waals surface area contributed by atoms with E-state index in [0.29, 0.717) is 16.0 Å². The van der Waals surface area contributed by atoms with Gasteiger partial charge in [0, 0.05) is 38.9 Å². The first-order valence-corrected chi connectivity index (χ1v) is 12.2. The van der Waals surface area contributed by atoms with E-state index >= 15 is 0 Å². The van der Waals surface area contributed by atoms with Crippen LogP contribution in [0, 0.1) is 6.92 Å². The molecule has 5 rings (SSSR count). The van der Waals surface area contributed by atoms with Gasteiger partial charge < -0.3 is 4.98 Å². The Bertz CT molecular complexity index is 1510. The quantitative estimate of drug-likeness (QED) is 0.172. The average Bonchev–Trinajstić information content (AvgIpc) is 3.48. The van der Waals surface area contributed by atoms with Crippen molar-refractivity contribution in [2.75, 3.05) is 5.75 Å². The monoisotopic (exact) mass is 500 g/mol. The molecular formula is C26H21ClN6OS. The molecule has 0 aliphatic carbocycles. The first-order valence-electron chi connectivity index (χ1n) is 10.9. The lowest BCUT2D eigenvalue weighted by atomic mass is 10.2. The Morgan fingerprint density at radius 3 is 2.66 bits per heavy atom. The van der Waals surface area contributed by atoms with Crippen LogP contribution in [0.3, 0.4) is 0 Å². The number of halogens is 1. The molecule has 7 nitrogen and oxygen atoms in total. The third-order valence-electron chi connectivity index (χ3n) is 5.37. The van der Waals surface area contributed by atoms with Gasteiger partial charge in [-0.15, -0.1) is 10.2 Å². The van der Waals surface area contributed by atoms with Gasteiger partial charge in [-0.1, -0.05) is 59.3 Å². The minimum Gasteiger partial charge on any atom is -0.361 e. The number of hydrogen-bond acceptors (Lipinski definition) is 5. The van der Waals surface area contributed by atoms with E-state index < -0.39 is 0 Å². The summed E-state index contributed by atoms with van der Waals surface area (Å²) in [5.74, 6) is 0.568. The van der Waals surface area contributed by atoms with Crippen LogP contribution in [0.5, 0.6) is 0 Å². The van der Waals surface area contributed by atoms with Crippen molar-refractivity contribution in [1.82, 2.24) is 25.2 Å². The molecule has 0 atom stereocenters. The van der Waals surface area contributed by atoms with Crippen LogP contribution < -0.4 is 5.43 Å². The molecule has 2 N–H and O–H groups in total. The third kappa shape index (κ3) is 5.13. The molecule has 1 amide bonds. The number of benzene rings is 3. The molecule has 5 aromatic rings. The predicted octanol–water partition coefficient (Wildman–Crippen LogP) is 5.62. The normalized spacial score (nSPS) is 11.4. The van der Waals surface area contributed by atoms with Crippen molar-refractivity contribution >= 4 is 46.4 Å². The molecule has 0 unspecified atom stereocenters. The molecule has 0 radical (unpaired) electrons. The molecule has 9 heteroatoms. The maximum Gasteiger partial charge on any atom is 0.250 e. The molecular weight excluding hydrogens is 480 g/mol. The summed E-state index contributed by atoms with van der Waals surface area (Å²) >= 11 is 7.36. The van der Waals surface area contributed by atoms with Crippen molar-refractivity contribution in [2.45, 2.75) is 12.1 Å². The molecule has 3 aromatic carbocycles. The van der Waals surface area contributed by atoms with Crippen LogP contribution in [0.15, 0.2) is 89.3 Å². The molecule has 0 spiro atoms. The fraction of sp³-hybridized carbons (Fsp3) is 0.0769. The summed E-state index contributed by atoms with van der Waals surface area (Å²) in [7, 11) is 0. The molecule has 174 valence electrons. The summed E-state index contributed by atoms with van der Waals surface area (Å²) < 4.78 is 1.94. The van der Waals surface area contributed by atoms with E-state index in [1.165, 1.54) is 11.8 Å². The van der Waals surface area contributed by atoms with E-state index in [-0.39, 0.29) is 11.7 Å². The van der Waals surface area contributed by atoms with E-state index in [9.17, 15) is 4.79 Å². The van der Waals surface area contributed by atoms with Gasteiger partial charge in [-0.25, -0.2) is 5.43 Å². The van der Waals surface area contributed by atoms with Crippen LogP contribution in [0.4, 0.5) is 0 Å². The topological polar surface area (TPSA) is 88.0 Å². The van der Waals surface area contributed by atoms with E-state index in [1.807, 2.05) is 90.5 Å². The van der Waals surface area contributed by atoms with Crippen LogP contribution in [-0.2, 0) is 4.79 Å². The van der Waals surface area contributed by atoms with Crippen molar-refractivity contribution in [2.24, 2.45) is 5.10 Å². The fourth-order valence-electron chi connectivity index (χ4n) is 3.61. The molecule has 0 saturated carbocycles. The van der Waals surface area contributed by atoms with Crippen molar-refractivity contribution in [3.63, 3.8) is 0 Å². The van der Waals surface area contributed by atoms with Crippen LogP contribution in [0.25, 0.3) is 28.0 Å². The molecule has 35 heavy (non-hydrogen) atoms. The predicted molar refractivity (Wildman–Crippen MR) is 141 cm³/mol. The molecule has 0 saturated heterocycles. The van der Waals surface area contributed by atoms with Gasteiger partial charge in [0.2, 0.25) is 0 Å². The van der Waals surface area contributed by atoms with Crippen LogP contribution in [0.1, 0.15) is 11.1 Å². The zero-order chi connectivity index (χ0) is 24.2. The van der Waals surface area contributed by atoms with Crippen LogP contribution in [0.2, 0.25) is 5.02 Å².